The van der Waals surface area contributed by atoms with Crippen LogP contribution in [-0.4, -0.2) is 38.9 Å². The average Bonchev–Trinajstić information content (AvgIpc) is 2.40. The highest BCUT2D eigenvalue weighted by molar-refractivity contribution is 7.89. The Hall–Kier alpha value is -0.980. The van der Waals surface area contributed by atoms with Gasteiger partial charge in [-0.1, -0.05) is 18.6 Å². The summed E-state index contributed by atoms with van der Waals surface area (Å²) in [6.07, 6.45) is 3.18. The minimum Gasteiger partial charge on any atom is -0.313 e. The number of likely N-dealkylation sites (N-methyl/N-ethyl adjacent to an activating group) is 1. The number of sulfonamides is 1. The number of benzene rings is 1. The van der Waals surface area contributed by atoms with Crippen molar-refractivity contribution in [2.75, 3.05) is 20.1 Å². The van der Waals surface area contributed by atoms with Crippen molar-refractivity contribution < 1.29 is 12.8 Å². The van der Waals surface area contributed by atoms with E-state index in [2.05, 4.69) is 5.32 Å². The van der Waals surface area contributed by atoms with Crippen molar-refractivity contribution >= 4 is 10.0 Å². The summed E-state index contributed by atoms with van der Waals surface area (Å²) in [6.45, 7) is 1.29. The summed E-state index contributed by atoms with van der Waals surface area (Å²) < 4.78 is 39.4. The Morgan fingerprint density at radius 2 is 2.11 bits per heavy atom. The molecule has 1 aliphatic rings. The van der Waals surface area contributed by atoms with Crippen LogP contribution in [0, 0.1) is 5.82 Å². The Morgan fingerprint density at radius 1 is 1.37 bits per heavy atom. The van der Waals surface area contributed by atoms with Gasteiger partial charge in [-0.2, -0.15) is 4.31 Å². The third-order valence-electron chi connectivity index (χ3n) is 3.41. The molecule has 19 heavy (non-hydrogen) atoms. The SMILES string of the molecule is CN(CC1CCCCN1)S(=O)(=O)c1ccccc1F. The normalized spacial score (nSPS) is 20.7. The number of piperidine rings is 1. The fourth-order valence-electron chi connectivity index (χ4n) is 2.31. The number of rotatable bonds is 4. The maximum absolute atomic E-state index is 13.6. The maximum atomic E-state index is 13.6. The first kappa shape index (κ1) is 14.4. The lowest BCUT2D eigenvalue weighted by molar-refractivity contribution is 0.337. The Kier molecular flexibility index (Phi) is 4.54. The summed E-state index contributed by atoms with van der Waals surface area (Å²) >= 11 is 0. The molecule has 1 unspecified atom stereocenters. The molecule has 6 heteroatoms. The molecule has 0 aromatic heterocycles. The second kappa shape index (κ2) is 5.98. The molecule has 0 spiro atoms. The van der Waals surface area contributed by atoms with Gasteiger partial charge in [0, 0.05) is 19.6 Å². The minimum atomic E-state index is -3.75. The van der Waals surface area contributed by atoms with E-state index >= 15 is 0 Å². The molecule has 0 amide bonds. The van der Waals surface area contributed by atoms with Gasteiger partial charge in [0.05, 0.1) is 0 Å². The fourth-order valence-corrected chi connectivity index (χ4v) is 3.59. The van der Waals surface area contributed by atoms with Crippen LogP contribution >= 0.6 is 0 Å². The molecular formula is C13H19FN2O2S. The monoisotopic (exact) mass is 286 g/mol. The number of halogens is 1. The summed E-state index contributed by atoms with van der Waals surface area (Å²) in [4.78, 5) is -0.256. The van der Waals surface area contributed by atoms with Crippen molar-refractivity contribution in [2.45, 2.75) is 30.2 Å². The lowest BCUT2D eigenvalue weighted by atomic mass is 10.1. The topological polar surface area (TPSA) is 49.4 Å². The molecule has 4 nitrogen and oxygen atoms in total. The zero-order valence-electron chi connectivity index (χ0n) is 11.0. The molecule has 1 fully saturated rings. The van der Waals surface area contributed by atoms with Gasteiger partial charge < -0.3 is 5.32 Å². The van der Waals surface area contributed by atoms with E-state index in [4.69, 9.17) is 0 Å². The molecule has 0 saturated carbocycles. The number of nitrogens with one attached hydrogen (secondary N) is 1. The van der Waals surface area contributed by atoms with Gasteiger partial charge >= 0.3 is 0 Å². The van der Waals surface area contributed by atoms with E-state index in [1.807, 2.05) is 0 Å². The Balaban J connectivity index is 2.13. The molecule has 1 saturated heterocycles. The quantitative estimate of drug-likeness (QED) is 0.914. The molecule has 2 rings (SSSR count). The van der Waals surface area contributed by atoms with E-state index in [1.165, 1.54) is 35.6 Å². The van der Waals surface area contributed by atoms with Gasteiger partial charge in [-0.25, -0.2) is 12.8 Å². The highest BCUT2D eigenvalue weighted by atomic mass is 32.2. The van der Waals surface area contributed by atoms with Crippen LogP contribution in [0.15, 0.2) is 29.2 Å². The van der Waals surface area contributed by atoms with Crippen molar-refractivity contribution in [1.29, 1.82) is 0 Å². The van der Waals surface area contributed by atoms with E-state index < -0.39 is 15.8 Å². The highest BCUT2D eigenvalue weighted by Crippen LogP contribution is 2.19. The molecule has 1 aliphatic heterocycles. The van der Waals surface area contributed by atoms with Gasteiger partial charge in [0.15, 0.2) is 0 Å². The van der Waals surface area contributed by atoms with Crippen LogP contribution in [0.4, 0.5) is 4.39 Å². The van der Waals surface area contributed by atoms with Crippen molar-refractivity contribution in [2.24, 2.45) is 0 Å². The second-order valence-corrected chi connectivity index (χ2v) is 6.88. The molecule has 1 atom stereocenters. The van der Waals surface area contributed by atoms with Crippen LogP contribution < -0.4 is 5.32 Å². The standard InChI is InChI=1S/C13H19FN2O2S/c1-16(10-11-6-4-5-9-15-11)19(17,18)13-8-3-2-7-12(13)14/h2-3,7-8,11,15H,4-6,9-10H2,1H3. The number of hydrogen-bond donors (Lipinski definition) is 1. The summed E-state index contributed by atoms with van der Waals surface area (Å²) in [7, 11) is -2.25. The lowest BCUT2D eigenvalue weighted by Gasteiger charge is -2.27. The predicted molar refractivity (Wildman–Crippen MR) is 71.9 cm³/mol. The first-order valence-electron chi connectivity index (χ1n) is 6.46. The molecule has 0 bridgehead atoms. The van der Waals surface area contributed by atoms with Crippen molar-refractivity contribution in [3.63, 3.8) is 0 Å². The third-order valence-corrected chi connectivity index (χ3v) is 5.27. The van der Waals surface area contributed by atoms with Crippen LogP contribution in [0.1, 0.15) is 19.3 Å². The van der Waals surface area contributed by atoms with Gasteiger partial charge in [-0.3, -0.25) is 0 Å². The smallest absolute Gasteiger partial charge is 0.245 e. The molecule has 1 heterocycles. The number of nitrogens with zero attached hydrogens (tertiary/aromatic N) is 1. The fraction of sp³-hybridized carbons (Fsp3) is 0.538. The van der Waals surface area contributed by atoms with Gasteiger partial charge in [-0.05, 0) is 31.5 Å². The largest absolute Gasteiger partial charge is 0.313 e. The first-order valence-corrected chi connectivity index (χ1v) is 7.90. The molecular weight excluding hydrogens is 267 g/mol. The Labute approximate surface area is 113 Å². The van der Waals surface area contributed by atoms with Crippen molar-refractivity contribution in [1.82, 2.24) is 9.62 Å². The minimum absolute atomic E-state index is 0.153. The first-order chi connectivity index (χ1) is 9.01. The third kappa shape index (κ3) is 3.32. The summed E-state index contributed by atoms with van der Waals surface area (Å²) in [5.74, 6) is -0.703. The van der Waals surface area contributed by atoms with Gasteiger partial charge in [0.25, 0.3) is 0 Å². The van der Waals surface area contributed by atoms with Crippen LogP contribution in [-0.2, 0) is 10.0 Å². The molecule has 0 radical (unpaired) electrons. The second-order valence-electron chi connectivity index (χ2n) is 4.86. The lowest BCUT2D eigenvalue weighted by Crippen LogP contribution is -2.44. The van der Waals surface area contributed by atoms with E-state index in [0.717, 1.165) is 25.8 Å². The summed E-state index contributed by atoms with van der Waals surface area (Å²) in [5.41, 5.74) is 0. The van der Waals surface area contributed by atoms with E-state index in [1.54, 1.807) is 0 Å². The van der Waals surface area contributed by atoms with E-state index in [0.29, 0.717) is 6.54 Å². The van der Waals surface area contributed by atoms with Crippen LogP contribution in [0.2, 0.25) is 0 Å². The van der Waals surface area contributed by atoms with E-state index in [-0.39, 0.29) is 10.9 Å². The van der Waals surface area contributed by atoms with E-state index in [9.17, 15) is 12.8 Å². The Bertz CT molecular complexity index is 527. The highest BCUT2D eigenvalue weighted by Gasteiger charge is 2.26. The molecule has 106 valence electrons. The molecule has 1 N–H and O–H groups in total. The summed E-state index contributed by atoms with van der Waals surface area (Å²) in [6, 6.07) is 5.63. The Morgan fingerprint density at radius 3 is 2.74 bits per heavy atom. The molecule has 1 aromatic rings. The maximum Gasteiger partial charge on any atom is 0.245 e. The zero-order valence-corrected chi connectivity index (χ0v) is 11.8. The van der Waals surface area contributed by atoms with Crippen LogP contribution in [0.3, 0.4) is 0 Å². The van der Waals surface area contributed by atoms with Crippen LogP contribution in [0.5, 0.6) is 0 Å². The predicted octanol–water partition coefficient (Wildman–Crippen LogP) is 1.59. The van der Waals surface area contributed by atoms with Gasteiger partial charge in [0.1, 0.15) is 10.7 Å². The van der Waals surface area contributed by atoms with Crippen molar-refractivity contribution in [3.8, 4) is 0 Å². The molecule has 1 aromatic carbocycles. The van der Waals surface area contributed by atoms with Crippen LogP contribution in [0.25, 0.3) is 0 Å². The van der Waals surface area contributed by atoms with Gasteiger partial charge in [0.2, 0.25) is 10.0 Å². The number of hydrogen-bond acceptors (Lipinski definition) is 3. The van der Waals surface area contributed by atoms with Gasteiger partial charge in [-0.15, -0.1) is 0 Å². The molecule has 0 aliphatic carbocycles. The summed E-state index contributed by atoms with van der Waals surface area (Å²) in [5, 5.41) is 3.29. The average molecular weight is 286 g/mol. The van der Waals surface area contributed by atoms with Crippen molar-refractivity contribution in [3.05, 3.63) is 30.1 Å². The zero-order chi connectivity index (χ0) is 13.9.